The number of likely N-dealkylation sites (N-methyl/N-ethyl adjacent to an activating group) is 1. The zero-order chi connectivity index (χ0) is 15.4. The van der Waals surface area contributed by atoms with E-state index in [2.05, 4.69) is 10.5 Å². The Hall–Kier alpha value is -2.05. The van der Waals surface area contributed by atoms with Gasteiger partial charge in [-0.3, -0.25) is 4.79 Å². The largest absolute Gasteiger partial charge is 0.361 e. The van der Waals surface area contributed by atoms with E-state index in [1.807, 2.05) is 13.8 Å². The molecule has 2 heterocycles. The van der Waals surface area contributed by atoms with E-state index in [4.69, 9.17) is 4.52 Å². The summed E-state index contributed by atoms with van der Waals surface area (Å²) in [6, 6.07) is -0.0825. The molecule has 21 heavy (non-hydrogen) atoms. The molecule has 0 radical (unpaired) electrons. The molecule has 7 heteroatoms. The summed E-state index contributed by atoms with van der Waals surface area (Å²) in [5.41, 5.74) is 2.02. The van der Waals surface area contributed by atoms with Crippen molar-refractivity contribution < 1.29 is 14.1 Å². The molecule has 1 aliphatic rings. The van der Waals surface area contributed by atoms with Gasteiger partial charge in [0.05, 0.1) is 5.69 Å². The number of hydrogen-bond acceptors (Lipinski definition) is 4. The monoisotopic (exact) mass is 294 g/mol. The van der Waals surface area contributed by atoms with Crippen LogP contribution in [0.4, 0.5) is 4.79 Å². The number of nitrogens with one attached hydrogen (secondary N) is 1. The fourth-order valence-corrected chi connectivity index (χ4v) is 2.43. The average Bonchev–Trinajstić information content (AvgIpc) is 2.93. The lowest BCUT2D eigenvalue weighted by molar-refractivity contribution is -0.121. The first-order chi connectivity index (χ1) is 9.99. The summed E-state index contributed by atoms with van der Waals surface area (Å²) in [6.45, 7) is 5.82. The third-order valence-corrected chi connectivity index (χ3v) is 3.74. The Kier molecular flexibility index (Phi) is 4.82. The van der Waals surface area contributed by atoms with Gasteiger partial charge in [-0.1, -0.05) is 5.16 Å². The Balaban J connectivity index is 1.67. The van der Waals surface area contributed by atoms with E-state index in [0.29, 0.717) is 19.6 Å². The zero-order valence-electron chi connectivity index (χ0n) is 12.8. The number of carbonyl (C=O) groups excluding carboxylic acids is 2. The van der Waals surface area contributed by atoms with Crippen molar-refractivity contribution in [1.82, 2.24) is 20.3 Å². The third kappa shape index (κ3) is 3.74. The van der Waals surface area contributed by atoms with Crippen LogP contribution in [0, 0.1) is 13.8 Å². The van der Waals surface area contributed by atoms with Crippen molar-refractivity contribution in [3.8, 4) is 0 Å². The number of urea groups is 1. The Morgan fingerprint density at radius 2 is 2.14 bits per heavy atom. The second-order valence-electron chi connectivity index (χ2n) is 5.38. The Labute approximate surface area is 124 Å². The van der Waals surface area contributed by atoms with Gasteiger partial charge in [0, 0.05) is 32.2 Å². The van der Waals surface area contributed by atoms with Gasteiger partial charge in [-0.05, 0) is 26.7 Å². The van der Waals surface area contributed by atoms with Crippen molar-refractivity contribution >= 4 is 11.9 Å². The van der Waals surface area contributed by atoms with Gasteiger partial charge in [0.1, 0.15) is 12.3 Å². The molecule has 1 aliphatic heterocycles. The van der Waals surface area contributed by atoms with E-state index < -0.39 is 0 Å². The molecule has 1 aromatic heterocycles. The molecule has 0 atom stereocenters. The minimum Gasteiger partial charge on any atom is -0.361 e. The van der Waals surface area contributed by atoms with E-state index >= 15 is 0 Å². The van der Waals surface area contributed by atoms with Gasteiger partial charge in [0.2, 0.25) is 5.91 Å². The number of aromatic nitrogens is 1. The SMILES string of the molecule is Cc1noc(C)c1CCCNC(=O)CN1CCN(C)C1=O. The fraction of sp³-hybridized carbons (Fsp3) is 0.643. The maximum absolute atomic E-state index is 11.8. The Morgan fingerprint density at radius 1 is 1.38 bits per heavy atom. The molecule has 1 saturated heterocycles. The van der Waals surface area contributed by atoms with Gasteiger partial charge >= 0.3 is 6.03 Å². The smallest absolute Gasteiger partial charge is 0.320 e. The van der Waals surface area contributed by atoms with Crippen LogP contribution in [0.5, 0.6) is 0 Å². The molecule has 1 N–H and O–H groups in total. The summed E-state index contributed by atoms with van der Waals surface area (Å²) in [5, 5.41) is 6.75. The summed E-state index contributed by atoms with van der Waals surface area (Å²) in [5.74, 6) is 0.724. The van der Waals surface area contributed by atoms with Crippen LogP contribution >= 0.6 is 0 Å². The van der Waals surface area contributed by atoms with Crippen LogP contribution in [0.15, 0.2) is 4.52 Å². The molecule has 116 valence electrons. The molecule has 0 spiro atoms. The molecule has 0 aliphatic carbocycles. The number of amides is 3. The minimum absolute atomic E-state index is 0.0825. The van der Waals surface area contributed by atoms with Gasteiger partial charge in [0.25, 0.3) is 0 Å². The lowest BCUT2D eigenvalue weighted by Gasteiger charge is -2.15. The van der Waals surface area contributed by atoms with Crippen LogP contribution in [0.1, 0.15) is 23.4 Å². The van der Waals surface area contributed by atoms with E-state index in [9.17, 15) is 9.59 Å². The van der Waals surface area contributed by atoms with Crippen molar-refractivity contribution in [3.63, 3.8) is 0 Å². The van der Waals surface area contributed by atoms with E-state index in [1.165, 1.54) is 0 Å². The van der Waals surface area contributed by atoms with Gasteiger partial charge in [-0.25, -0.2) is 4.79 Å². The predicted molar refractivity (Wildman–Crippen MR) is 76.9 cm³/mol. The maximum atomic E-state index is 11.8. The number of rotatable bonds is 6. The number of aryl methyl sites for hydroxylation is 2. The predicted octanol–water partition coefficient (Wildman–Crippen LogP) is 0.708. The standard InChI is InChI=1S/C14H22N4O3/c1-10-12(11(2)21-16-10)5-4-6-15-13(19)9-18-8-7-17(3)14(18)20/h4-9H2,1-3H3,(H,15,19). The molecule has 0 aromatic carbocycles. The molecular weight excluding hydrogens is 272 g/mol. The van der Waals surface area contributed by atoms with Crippen LogP contribution < -0.4 is 5.32 Å². The quantitative estimate of drug-likeness (QED) is 0.784. The topological polar surface area (TPSA) is 78.7 Å². The van der Waals surface area contributed by atoms with E-state index in [1.54, 1.807) is 16.8 Å². The zero-order valence-corrected chi connectivity index (χ0v) is 12.8. The van der Waals surface area contributed by atoms with Crippen molar-refractivity contribution in [2.45, 2.75) is 26.7 Å². The lowest BCUT2D eigenvalue weighted by Crippen LogP contribution is -2.39. The van der Waals surface area contributed by atoms with Crippen molar-refractivity contribution in [2.24, 2.45) is 0 Å². The molecule has 1 fully saturated rings. The summed E-state index contributed by atoms with van der Waals surface area (Å²) in [4.78, 5) is 26.6. The molecule has 3 amide bonds. The maximum Gasteiger partial charge on any atom is 0.320 e. The third-order valence-electron chi connectivity index (χ3n) is 3.74. The summed E-state index contributed by atoms with van der Waals surface area (Å²) in [6.07, 6.45) is 1.65. The second kappa shape index (κ2) is 6.60. The summed E-state index contributed by atoms with van der Waals surface area (Å²) < 4.78 is 5.10. The number of carbonyl (C=O) groups is 2. The highest BCUT2D eigenvalue weighted by Crippen LogP contribution is 2.13. The van der Waals surface area contributed by atoms with Gasteiger partial charge in [-0.15, -0.1) is 0 Å². The highest BCUT2D eigenvalue weighted by Gasteiger charge is 2.26. The van der Waals surface area contributed by atoms with Crippen molar-refractivity contribution in [1.29, 1.82) is 0 Å². The number of nitrogens with zero attached hydrogens (tertiary/aromatic N) is 3. The molecule has 0 bridgehead atoms. The Bertz CT molecular complexity index is 507. The second-order valence-corrected chi connectivity index (χ2v) is 5.38. The summed E-state index contributed by atoms with van der Waals surface area (Å²) >= 11 is 0. The number of hydrogen-bond donors (Lipinski definition) is 1. The molecule has 7 nitrogen and oxygen atoms in total. The van der Waals surface area contributed by atoms with Gasteiger partial charge in [0.15, 0.2) is 0 Å². The lowest BCUT2D eigenvalue weighted by atomic mass is 10.1. The fourth-order valence-electron chi connectivity index (χ4n) is 2.43. The molecule has 0 unspecified atom stereocenters. The van der Waals surface area contributed by atoms with Crippen molar-refractivity contribution in [2.75, 3.05) is 33.2 Å². The highest BCUT2D eigenvalue weighted by molar-refractivity contribution is 5.84. The highest BCUT2D eigenvalue weighted by atomic mass is 16.5. The van der Waals surface area contributed by atoms with Gasteiger partial charge in [-0.2, -0.15) is 0 Å². The summed E-state index contributed by atoms with van der Waals surface area (Å²) in [7, 11) is 1.74. The van der Waals surface area contributed by atoms with Gasteiger partial charge < -0.3 is 19.6 Å². The van der Waals surface area contributed by atoms with Crippen LogP contribution in [0.25, 0.3) is 0 Å². The van der Waals surface area contributed by atoms with Crippen LogP contribution in [0.2, 0.25) is 0 Å². The molecule has 2 rings (SSSR count). The van der Waals surface area contributed by atoms with Crippen LogP contribution in [-0.2, 0) is 11.2 Å². The first-order valence-electron chi connectivity index (χ1n) is 7.17. The normalized spacial score (nSPS) is 14.9. The first-order valence-corrected chi connectivity index (χ1v) is 7.17. The molecular formula is C14H22N4O3. The molecule has 0 saturated carbocycles. The van der Waals surface area contributed by atoms with E-state index in [-0.39, 0.29) is 18.5 Å². The van der Waals surface area contributed by atoms with Crippen LogP contribution in [0.3, 0.4) is 0 Å². The van der Waals surface area contributed by atoms with Crippen LogP contribution in [-0.4, -0.2) is 60.1 Å². The Morgan fingerprint density at radius 3 is 2.71 bits per heavy atom. The molecule has 1 aromatic rings. The minimum atomic E-state index is -0.114. The van der Waals surface area contributed by atoms with E-state index in [0.717, 1.165) is 29.9 Å². The average molecular weight is 294 g/mol. The first kappa shape index (κ1) is 15.3. The van der Waals surface area contributed by atoms with Crippen molar-refractivity contribution in [3.05, 3.63) is 17.0 Å².